The molecule has 0 amide bonds. The molecular weight excluding hydrogens is 224 g/mol. The van der Waals surface area contributed by atoms with Gasteiger partial charge in [-0.05, 0) is 31.5 Å². The number of aromatic nitrogens is 4. The van der Waals surface area contributed by atoms with Crippen molar-refractivity contribution in [2.45, 2.75) is 20.3 Å². The number of pyridine rings is 1. The van der Waals surface area contributed by atoms with E-state index in [1.807, 2.05) is 35.8 Å². The maximum atomic E-state index is 4.65. The summed E-state index contributed by atoms with van der Waals surface area (Å²) >= 11 is 0. The van der Waals surface area contributed by atoms with Gasteiger partial charge in [-0.1, -0.05) is 13.0 Å². The summed E-state index contributed by atoms with van der Waals surface area (Å²) in [5, 5.41) is 4.36. The summed E-state index contributed by atoms with van der Waals surface area (Å²) in [5.41, 5.74) is 4.95. The summed E-state index contributed by atoms with van der Waals surface area (Å²) in [6, 6.07) is 7.92. The molecule has 0 atom stereocenters. The summed E-state index contributed by atoms with van der Waals surface area (Å²) in [6.45, 7) is 4.14. The lowest BCUT2D eigenvalue weighted by atomic mass is 10.2. The second-order valence-corrected chi connectivity index (χ2v) is 4.26. The molecule has 4 heteroatoms. The quantitative estimate of drug-likeness (QED) is 0.689. The average Bonchev–Trinajstić information content (AvgIpc) is 2.81. The van der Waals surface area contributed by atoms with Gasteiger partial charge < -0.3 is 0 Å². The minimum Gasteiger partial charge on any atom is -0.255 e. The van der Waals surface area contributed by atoms with Gasteiger partial charge in [-0.25, -0.2) is 9.50 Å². The first-order valence-electron chi connectivity index (χ1n) is 6.05. The van der Waals surface area contributed by atoms with Crippen LogP contribution in [0.2, 0.25) is 0 Å². The topological polar surface area (TPSA) is 43.1 Å². The Kier molecular flexibility index (Phi) is 2.55. The van der Waals surface area contributed by atoms with Crippen molar-refractivity contribution in [3.63, 3.8) is 0 Å². The highest BCUT2D eigenvalue weighted by atomic mass is 15.3. The van der Waals surface area contributed by atoms with E-state index in [4.69, 9.17) is 0 Å². The summed E-state index contributed by atoms with van der Waals surface area (Å²) in [6.07, 6.45) is 4.56. The largest absolute Gasteiger partial charge is 0.255 e. The lowest BCUT2D eigenvalue weighted by molar-refractivity contribution is 0.850. The van der Waals surface area contributed by atoms with Crippen LogP contribution in [0.5, 0.6) is 0 Å². The van der Waals surface area contributed by atoms with Crippen LogP contribution >= 0.6 is 0 Å². The zero-order chi connectivity index (χ0) is 12.5. The van der Waals surface area contributed by atoms with E-state index in [0.29, 0.717) is 0 Å². The van der Waals surface area contributed by atoms with Crippen molar-refractivity contribution in [2.24, 2.45) is 0 Å². The standard InChI is InChI=1S/C14H14N4/c1-3-11-8-13(12-6-4-5-7-15-12)17-14-10(2)9-16-18(11)14/h4-9H,3H2,1-2H3. The Balaban J connectivity index is 2.28. The van der Waals surface area contributed by atoms with Crippen molar-refractivity contribution in [3.05, 3.63) is 47.9 Å². The SMILES string of the molecule is CCc1cc(-c2ccccn2)nc2c(C)cnn12. The molecule has 0 unspecified atom stereocenters. The van der Waals surface area contributed by atoms with Gasteiger partial charge in [0.2, 0.25) is 0 Å². The van der Waals surface area contributed by atoms with E-state index in [1.165, 1.54) is 0 Å². The van der Waals surface area contributed by atoms with Gasteiger partial charge in [-0.3, -0.25) is 4.98 Å². The number of hydrogen-bond donors (Lipinski definition) is 0. The van der Waals surface area contributed by atoms with Crippen molar-refractivity contribution in [1.82, 2.24) is 19.6 Å². The molecule has 0 aliphatic carbocycles. The van der Waals surface area contributed by atoms with Crippen LogP contribution in [0.1, 0.15) is 18.2 Å². The fourth-order valence-corrected chi connectivity index (χ4v) is 2.03. The smallest absolute Gasteiger partial charge is 0.158 e. The van der Waals surface area contributed by atoms with Gasteiger partial charge in [-0.15, -0.1) is 0 Å². The Morgan fingerprint density at radius 1 is 1.22 bits per heavy atom. The van der Waals surface area contributed by atoms with E-state index < -0.39 is 0 Å². The number of hydrogen-bond acceptors (Lipinski definition) is 3. The number of rotatable bonds is 2. The van der Waals surface area contributed by atoms with Crippen LogP contribution in [-0.4, -0.2) is 19.6 Å². The van der Waals surface area contributed by atoms with E-state index in [9.17, 15) is 0 Å². The number of nitrogens with zero attached hydrogens (tertiary/aromatic N) is 4. The minimum atomic E-state index is 0.898. The second-order valence-electron chi connectivity index (χ2n) is 4.26. The third-order valence-corrected chi connectivity index (χ3v) is 3.01. The van der Waals surface area contributed by atoms with Crippen LogP contribution in [0.15, 0.2) is 36.7 Å². The zero-order valence-electron chi connectivity index (χ0n) is 10.5. The predicted molar refractivity (Wildman–Crippen MR) is 70.3 cm³/mol. The molecule has 0 aromatic carbocycles. The molecule has 3 heterocycles. The summed E-state index contributed by atoms with van der Waals surface area (Å²) in [5.74, 6) is 0. The maximum absolute atomic E-state index is 4.65. The monoisotopic (exact) mass is 238 g/mol. The van der Waals surface area contributed by atoms with Crippen LogP contribution in [-0.2, 0) is 6.42 Å². The lowest BCUT2D eigenvalue weighted by Gasteiger charge is -2.06. The molecule has 3 rings (SSSR count). The van der Waals surface area contributed by atoms with Gasteiger partial charge in [0.05, 0.1) is 17.6 Å². The summed E-state index contributed by atoms with van der Waals surface area (Å²) in [7, 11) is 0. The van der Waals surface area contributed by atoms with Crippen molar-refractivity contribution >= 4 is 5.65 Å². The average molecular weight is 238 g/mol. The van der Waals surface area contributed by atoms with Crippen molar-refractivity contribution in [3.8, 4) is 11.4 Å². The third-order valence-electron chi connectivity index (χ3n) is 3.01. The summed E-state index contributed by atoms with van der Waals surface area (Å²) in [4.78, 5) is 9.00. The lowest BCUT2D eigenvalue weighted by Crippen LogP contribution is -2.01. The van der Waals surface area contributed by atoms with Gasteiger partial charge in [-0.2, -0.15) is 5.10 Å². The number of aryl methyl sites for hydroxylation is 2. The van der Waals surface area contributed by atoms with Crippen LogP contribution in [0.4, 0.5) is 0 Å². The first-order valence-corrected chi connectivity index (χ1v) is 6.05. The fourth-order valence-electron chi connectivity index (χ4n) is 2.03. The van der Waals surface area contributed by atoms with Crippen molar-refractivity contribution in [1.29, 1.82) is 0 Å². The van der Waals surface area contributed by atoms with E-state index in [0.717, 1.165) is 34.7 Å². The van der Waals surface area contributed by atoms with E-state index in [2.05, 4.69) is 28.1 Å². The molecule has 90 valence electrons. The molecule has 0 fully saturated rings. The predicted octanol–water partition coefficient (Wildman–Crippen LogP) is 2.66. The molecular formula is C14H14N4. The minimum absolute atomic E-state index is 0.898. The molecule has 0 spiro atoms. The molecule has 4 nitrogen and oxygen atoms in total. The highest BCUT2D eigenvalue weighted by Gasteiger charge is 2.09. The van der Waals surface area contributed by atoms with E-state index in [1.54, 1.807) is 6.20 Å². The molecule has 0 radical (unpaired) electrons. The first kappa shape index (κ1) is 10.9. The second kappa shape index (κ2) is 4.22. The van der Waals surface area contributed by atoms with Crippen LogP contribution in [0, 0.1) is 6.92 Å². The Morgan fingerprint density at radius 2 is 2.11 bits per heavy atom. The Bertz CT molecular complexity index is 686. The molecule has 18 heavy (non-hydrogen) atoms. The Morgan fingerprint density at radius 3 is 2.83 bits per heavy atom. The molecule has 3 aromatic heterocycles. The zero-order valence-corrected chi connectivity index (χ0v) is 10.5. The van der Waals surface area contributed by atoms with Gasteiger partial charge in [0.15, 0.2) is 5.65 Å². The van der Waals surface area contributed by atoms with Crippen LogP contribution < -0.4 is 0 Å². The highest BCUT2D eigenvalue weighted by Crippen LogP contribution is 2.19. The molecule has 3 aromatic rings. The molecule has 0 N–H and O–H groups in total. The van der Waals surface area contributed by atoms with Gasteiger partial charge >= 0.3 is 0 Å². The maximum Gasteiger partial charge on any atom is 0.158 e. The Hall–Kier alpha value is -2.23. The van der Waals surface area contributed by atoms with E-state index in [-0.39, 0.29) is 0 Å². The van der Waals surface area contributed by atoms with Crippen LogP contribution in [0.25, 0.3) is 17.0 Å². The number of fused-ring (bicyclic) bond motifs is 1. The third kappa shape index (κ3) is 1.66. The van der Waals surface area contributed by atoms with Gasteiger partial charge in [0.1, 0.15) is 0 Å². The summed E-state index contributed by atoms with van der Waals surface area (Å²) < 4.78 is 1.90. The van der Waals surface area contributed by atoms with E-state index >= 15 is 0 Å². The molecule has 0 saturated carbocycles. The Labute approximate surface area is 105 Å². The molecule has 0 aliphatic heterocycles. The van der Waals surface area contributed by atoms with Crippen molar-refractivity contribution < 1.29 is 0 Å². The van der Waals surface area contributed by atoms with Crippen molar-refractivity contribution in [2.75, 3.05) is 0 Å². The first-order chi connectivity index (χ1) is 8.79. The fraction of sp³-hybridized carbons (Fsp3) is 0.214. The molecule has 0 saturated heterocycles. The highest BCUT2D eigenvalue weighted by molar-refractivity contribution is 5.60. The van der Waals surface area contributed by atoms with Gasteiger partial charge in [0, 0.05) is 17.5 Å². The molecule has 0 aliphatic rings. The van der Waals surface area contributed by atoms with Crippen LogP contribution in [0.3, 0.4) is 0 Å². The van der Waals surface area contributed by atoms with Gasteiger partial charge in [0.25, 0.3) is 0 Å². The normalized spacial score (nSPS) is 11.0. The molecule has 0 bridgehead atoms.